The smallest absolute Gasteiger partial charge is 0.241 e. The first kappa shape index (κ1) is 19.4. The zero-order valence-electron chi connectivity index (χ0n) is 14.5. The van der Waals surface area contributed by atoms with Crippen molar-refractivity contribution in [2.24, 2.45) is 5.73 Å². The Bertz CT molecular complexity index is 835. The molecule has 6 nitrogen and oxygen atoms in total. The molecule has 0 spiro atoms. The molecule has 1 atom stereocenters. The Kier molecular flexibility index (Phi) is 6.52. The van der Waals surface area contributed by atoms with Crippen molar-refractivity contribution in [2.75, 3.05) is 25.5 Å². The van der Waals surface area contributed by atoms with Gasteiger partial charge in [0.15, 0.2) is 0 Å². The first-order valence-electron chi connectivity index (χ1n) is 8.20. The summed E-state index contributed by atoms with van der Waals surface area (Å²) in [6.45, 7) is 0.509. The van der Waals surface area contributed by atoms with E-state index in [9.17, 15) is 13.2 Å². The highest BCUT2D eigenvalue weighted by Crippen LogP contribution is 2.30. The highest BCUT2D eigenvalue weighted by Gasteiger charge is 2.22. The van der Waals surface area contributed by atoms with E-state index in [2.05, 4.69) is 4.72 Å². The van der Waals surface area contributed by atoms with Crippen molar-refractivity contribution in [1.82, 2.24) is 4.72 Å². The van der Waals surface area contributed by atoms with Crippen molar-refractivity contribution in [3.05, 3.63) is 36.4 Å². The van der Waals surface area contributed by atoms with Crippen molar-refractivity contribution in [3.8, 4) is 0 Å². The van der Waals surface area contributed by atoms with E-state index < -0.39 is 16.1 Å². The Labute approximate surface area is 149 Å². The number of nitrogens with two attached hydrogens (primary N) is 1. The second kappa shape index (κ2) is 8.42. The number of nitrogens with one attached hydrogen (secondary N) is 1. The molecule has 0 amide bonds. The maximum atomic E-state index is 12.8. The highest BCUT2D eigenvalue weighted by molar-refractivity contribution is 7.89. The van der Waals surface area contributed by atoms with Crippen molar-refractivity contribution < 1.29 is 13.2 Å². The molecule has 3 N–H and O–H groups in total. The molecule has 2 aromatic carbocycles. The Morgan fingerprint density at radius 1 is 1.12 bits per heavy atom. The van der Waals surface area contributed by atoms with Gasteiger partial charge in [-0.05, 0) is 31.5 Å². The predicted molar refractivity (Wildman–Crippen MR) is 101 cm³/mol. The third kappa shape index (κ3) is 4.56. The van der Waals surface area contributed by atoms with Gasteiger partial charge in [0, 0.05) is 30.6 Å². The standard InChI is InChI=1S/C18H24N3O3S/c1-21(2)17-10-5-9-16-15(17)8-6-11-18(16)25(23,24)20-14(13-22)7-3-4-12-19/h5-6,8-11,14,20H,3-4,7,12,19H2,1-2H3. The Morgan fingerprint density at radius 2 is 1.80 bits per heavy atom. The minimum absolute atomic E-state index is 0.160. The fourth-order valence-electron chi connectivity index (χ4n) is 2.77. The molecule has 25 heavy (non-hydrogen) atoms. The Hall–Kier alpha value is -1.96. The molecule has 135 valence electrons. The number of rotatable bonds is 9. The highest BCUT2D eigenvalue weighted by atomic mass is 32.2. The van der Waals surface area contributed by atoms with Crippen LogP contribution in [0.3, 0.4) is 0 Å². The van der Waals surface area contributed by atoms with E-state index in [4.69, 9.17) is 5.73 Å². The summed E-state index contributed by atoms with van der Waals surface area (Å²) < 4.78 is 28.1. The fraction of sp³-hybridized carbons (Fsp3) is 0.389. The van der Waals surface area contributed by atoms with Crippen molar-refractivity contribution in [2.45, 2.75) is 30.2 Å². The minimum Gasteiger partial charge on any atom is -0.377 e. The maximum Gasteiger partial charge on any atom is 0.241 e. The quantitative estimate of drug-likeness (QED) is 0.664. The summed E-state index contributed by atoms with van der Waals surface area (Å²) in [5.41, 5.74) is 6.36. The van der Waals surface area contributed by atoms with Crippen LogP contribution in [0.4, 0.5) is 5.69 Å². The Balaban J connectivity index is 2.39. The van der Waals surface area contributed by atoms with Gasteiger partial charge in [0.05, 0.1) is 10.9 Å². The third-order valence-electron chi connectivity index (χ3n) is 4.02. The second-order valence-electron chi connectivity index (χ2n) is 6.10. The maximum absolute atomic E-state index is 12.8. The molecule has 0 saturated carbocycles. The average molecular weight is 362 g/mol. The largest absolute Gasteiger partial charge is 0.377 e. The van der Waals surface area contributed by atoms with Gasteiger partial charge in [-0.3, -0.25) is 4.79 Å². The van der Waals surface area contributed by atoms with E-state index in [0.717, 1.165) is 17.5 Å². The van der Waals surface area contributed by atoms with Gasteiger partial charge in [0.2, 0.25) is 16.3 Å². The van der Waals surface area contributed by atoms with Crippen molar-refractivity contribution in [3.63, 3.8) is 0 Å². The van der Waals surface area contributed by atoms with Crippen LogP contribution >= 0.6 is 0 Å². The van der Waals surface area contributed by atoms with Crippen LogP contribution in [0.2, 0.25) is 0 Å². The second-order valence-corrected chi connectivity index (χ2v) is 7.78. The summed E-state index contributed by atoms with van der Waals surface area (Å²) in [5, 5.41) is 1.46. The van der Waals surface area contributed by atoms with Gasteiger partial charge in [-0.15, -0.1) is 0 Å². The van der Waals surface area contributed by atoms with E-state index in [0.29, 0.717) is 24.8 Å². The Morgan fingerprint density at radius 3 is 2.44 bits per heavy atom. The first-order chi connectivity index (χ1) is 11.9. The molecule has 1 radical (unpaired) electrons. The summed E-state index contributed by atoms with van der Waals surface area (Å²) in [4.78, 5) is 13.2. The molecular formula is C18H24N3O3S. The van der Waals surface area contributed by atoms with Gasteiger partial charge in [-0.2, -0.15) is 0 Å². The van der Waals surface area contributed by atoms with E-state index in [1.165, 1.54) is 0 Å². The van der Waals surface area contributed by atoms with Crippen LogP contribution in [0.1, 0.15) is 19.3 Å². The predicted octanol–water partition coefficient (Wildman–Crippen LogP) is 1.79. The molecule has 7 heteroatoms. The molecule has 0 saturated heterocycles. The van der Waals surface area contributed by atoms with Crippen LogP contribution in [-0.2, 0) is 14.8 Å². The average Bonchev–Trinajstić information content (AvgIpc) is 2.59. The number of fused-ring (bicyclic) bond motifs is 1. The molecule has 0 heterocycles. The summed E-state index contributed by atoms with van der Waals surface area (Å²) in [6, 6.07) is 9.79. The number of nitrogens with zero attached hydrogens (tertiary/aromatic N) is 1. The van der Waals surface area contributed by atoms with Crippen LogP contribution < -0.4 is 15.4 Å². The summed E-state index contributed by atoms with van der Waals surface area (Å²) >= 11 is 0. The van der Waals surface area contributed by atoms with E-state index >= 15 is 0 Å². The number of hydrogen-bond acceptors (Lipinski definition) is 5. The molecule has 0 bridgehead atoms. The van der Waals surface area contributed by atoms with Crippen LogP contribution in [0, 0.1) is 0 Å². The molecule has 0 aliphatic carbocycles. The molecule has 0 fully saturated rings. The summed E-state index contributed by atoms with van der Waals surface area (Å²) in [7, 11) is -0.0285. The fourth-order valence-corrected chi connectivity index (χ4v) is 4.17. The number of hydrogen-bond donors (Lipinski definition) is 2. The third-order valence-corrected chi connectivity index (χ3v) is 5.55. The molecule has 0 aliphatic heterocycles. The lowest BCUT2D eigenvalue weighted by molar-refractivity contribution is 0.510. The van der Waals surface area contributed by atoms with Crippen LogP contribution in [0.25, 0.3) is 10.8 Å². The molecule has 0 aromatic heterocycles. The minimum atomic E-state index is -3.84. The lowest BCUT2D eigenvalue weighted by atomic mass is 10.1. The van der Waals surface area contributed by atoms with Crippen LogP contribution in [0.5, 0.6) is 0 Å². The number of carbonyl (C=O) groups excluding carboxylic acids is 1. The number of benzene rings is 2. The monoisotopic (exact) mass is 362 g/mol. The van der Waals surface area contributed by atoms with Crippen molar-refractivity contribution in [1.29, 1.82) is 0 Å². The van der Waals surface area contributed by atoms with E-state index in [1.54, 1.807) is 24.5 Å². The topological polar surface area (TPSA) is 92.5 Å². The zero-order chi connectivity index (χ0) is 18.4. The van der Waals surface area contributed by atoms with Crippen molar-refractivity contribution >= 4 is 32.8 Å². The molecular weight excluding hydrogens is 338 g/mol. The van der Waals surface area contributed by atoms with Gasteiger partial charge in [0.25, 0.3) is 0 Å². The lowest BCUT2D eigenvalue weighted by Gasteiger charge is -2.18. The van der Waals surface area contributed by atoms with E-state index in [1.807, 2.05) is 37.2 Å². The van der Waals surface area contributed by atoms with E-state index in [-0.39, 0.29) is 4.90 Å². The lowest BCUT2D eigenvalue weighted by Crippen LogP contribution is -2.36. The van der Waals surface area contributed by atoms with Gasteiger partial charge in [-0.1, -0.05) is 30.7 Å². The summed E-state index contributed by atoms with van der Waals surface area (Å²) in [6.07, 6.45) is 3.56. The van der Waals surface area contributed by atoms with Gasteiger partial charge < -0.3 is 10.6 Å². The molecule has 2 aromatic rings. The molecule has 2 rings (SSSR count). The molecule has 1 unspecified atom stereocenters. The van der Waals surface area contributed by atoms with Gasteiger partial charge >= 0.3 is 0 Å². The summed E-state index contributed by atoms with van der Waals surface area (Å²) in [5.74, 6) is 0. The zero-order valence-corrected chi connectivity index (χ0v) is 15.3. The van der Waals surface area contributed by atoms with Crippen LogP contribution in [-0.4, -0.2) is 41.4 Å². The van der Waals surface area contributed by atoms with Gasteiger partial charge in [-0.25, -0.2) is 13.1 Å². The van der Waals surface area contributed by atoms with Crippen LogP contribution in [0.15, 0.2) is 41.3 Å². The number of unbranched alkanes of at least 4 members (excludes halogenated alkanes) is 1. The SMILES string of the molecule is CN(C)c1cccc2c(S(=O)(=O)NC([C]=O)CCCCN)cccc12. The molecule has 0 aliphatic rings. The number of anilines is 1. The first-order valence-corrected chi connectivity index (χ1v) is 9.68. The normalized spacial score (nSPS) is 12.9. The van der Waals surface area contributed by atoms with Gasteiger partial charge in [0.1, 0.15) is 0 Å². The number of sulfonamides is 1.